The molecule has 0 aliphatic heterocycles. The molecular weight excluding hydrogens is 349 g/mol. The van der Waals surface area contributed by atoms with Crippen LogP contribution in [0.25, 0.3) is 11.0 Å². The van der Waals surface area contributed by atoms with Gasteiger partial charge in [-0.3, -0.25) is 0 Å². The molecule has 7 heteroatoms. The summed E-state index contributed by atoms with van der Waals surface area (Å²) in [5.74, 6) is 1.07. The Bertz CT molecular complexity index is 794. The van der Waals surface area contributed by atoms with Gasteiger partial charge in [-0.15, -0.1) is 22.9 Å². The predicted octanol–water partition coefficient (Wildman–Crippen LogP) is 5.32. The van der Waals surface area contributed by atoms with Crippen LogP contribution in [0.1, 0.15) is 24.7 Å². The monoisotopic (exact) mass is 359 g/mol. The molecule has 0 aliphatic rings. The maximum absolute atomic E-state index is 6.17. The normalized spacial score (nSPS) is 12.2. The van der Waals surface area contributed by atoms with Gasteiger partial charge in [-0.1, -0.05) is 23.2 Å². The van der Waals surface area contributed by atoms with E-state index in [0.29, 0.717) is 15.9 Å². The minimum Gasteiger partial charge on any atom is -0.315 e. The number of alkyl halides is 1. The maximum Gasteiger partial charge on any atom is 0.125 e. The van der Waals surface area contributed by atoms with Crippen molar-refractivity contribution in [3.63, 3.8) is 0 Å². The average Bonchev–Trinajstić information content (AvgIpc) is 3.06. The molecule has 0 amide bonds. The van der Waals surface area contributed by atoms with Gasteiger partial charge in [-0.2, -0.15) is 0 Å². The van der Waals surface area contributed by atoms with Crippen molar-refractivity contribution in [2.45, 2.75) is 25.3 Å². The number of rotatable bonds is 3. The van der Waals surface area contributed by atoms with Crippen LogP contribution in [0.3, 0.4) is 0 Å². The third-order valence-electron chi connectivity index (χ3n) is 3.40. The number of halogens is 3. The molecule has 0 radical (unpaired) electrons. The summed E-state index contributed by atoms with van der Waals surface area (Å²) in [5, 5.41) is 3.93. The lowest BCUT2D eigenvalue weighted by Crippen LogP contribution is -2.29. The summed E-state index contributed by atoms with van der Waals surface area (Å²) in [5.41, 5.74) is 1.31. The van der Waals surface area contributed by atoms with Crippen molar-refractivity contribution in [2.75, 3.05) is 0 Å². The van der Waals surface area contributed by atoms with Gasteiger partial charge in [0.25, 0.3) is 0 Å². The van der Waals surface area contributed by atoms with Crippen LogP contribution < -0.4 is 0 Å². The Morgan fingerprint density at radius 2 is 1.95 bits per heavy atom. The zero-order chi connectivity index (χ0) is 15.2. The number of thiazole rings is 1. The summed E-state index contributed by atoms with van der Waals surface area (Å²) in [7, 11) is 0. The molecule has 1 aromatic carbocycles. The number of hydrogen-bond donors (Lipinski definition) is 0. The van der Waals surface area contributed by atoms with E-state index in [9.17, 15) is 0 Å². The maximum atomic E-state index is 6.17. The van der Waals surface area contributed by atoms with Crippen molar-refractivity contribution in [3.8, 4) is 0 Å². The molecule has 0 saturated carbocycles. The molecule has 3 nitrogen and oxygen atoms in total. The lowest BCUT2D eigenvalue weighted by Gasteiger charge is -2.27. The van der Waals surface area contributed by atoms with Crippen LogP contribution in [0.2, 0.25) is 10.0 Å². The zero-order valence-electron chi connectivity index (χ0n) is 11.4. The van der Waals surface area contributed by atoms with Crippen LogP contribution in [0.15, 0.2) is 23.7 Å². The Morgan fingerprint density at radius 3 is 2.57 bits per heavy atom. The van der Waals surface area contributed by atoms with Gasteiger partial charge in [0, 0.05) is 11.6 Å². The summed E-state index contributed by atoms with van der Waals surface area (Å²) in [6, 6.07) is 3.60. The minimum atomic E-state index is -0.371. The number of fused-ring (bicyclic) bond motifs is 1. The Hall–Kier alpha value is -0.810. The Labute approximate surface area is 141 Å². The van der Waals surface area contributed by atoms with E-state index in [1.54, 1.807) is 23.6 Å². The van der Waals surface area contributed by atoms with Gasteiger partial charge in [0.1, 0.15) is 10.8 Å². The minimum absolute atomic E-state index is 0.304. The van der Waals surface area contributed by atoms with E-state index in [-0.39, 0.29) is 5.54 Å². The second kappa shape index (κ2) is 5.43. The Balaban J connectivity index is 2.33. The van der Waals surface area contributed by atoms with Crippen LogP contribution in [-0.4, -0.2) is 14.5 Å². The Kier molecular flexibility index (Phi) is 3.91. The summed E-state index contributed by atoms with van der Waals surface area (Å²) < 4.78 is 2.08. The fraction of sp³-hybridized carbons (Fsp3) is 0.286. The van der Waals surface area contributed by atoms with Crippen LogP contribution >= 0.6 is 46.1 Å². The van der Waals surface area contributed by atoms with Crippen LogP contribution in [0, 0.1) is 0 Å². The fourth-order valence-corrected chi connectivity index (χ4v) is 3.70. The average molecular weight is 361 g/mol. The number of aromatic nitrogens is 3. The smallest absolute Gasteiger partial charge is 0.125 e. The highest BCUT2D eigenvalue weighted by molar-refractivity contribution is 7.09. The van der Waals surface area contributed by atoms with Crippen LogP contribution in [0.5, 0.6) is 0 Å². The summed E-state index contributed by atoms with van der Waals surface area (Å²) >= 11 is 19.9. The van der Waals surface area contributed by atoms with Gasteiger partial charge in [-0.25, -0.2) is 9.97 Å². The van der Waals surface area contributed by atoms with Gasteiger partial charge >= 0.3 is 0 Å². The predicted molar refractivity (Wildman–Crippen MR) is 89.8 cm³/mol. The first kappa shape index (κ1) is 15.1. The van der Waals surface area contributed by atoms with E-state index in [1.807, 2.05) is 11.4 Å². The van der Waals surface area contributed by atoms with Crippen molar-refractivity contribution >= 4 is 57.2 Å². The number of nitrogens with zero attached hydrogens (tertiary/aromatic N) is 3. The molecule has 21 heavy (non-hydrogen) atoms. The molecule has 0 bridgehead atoms. The molecule has 2 heterocycles. The summed E-state index contributed by atoms with van der Waals surface area (Å²) in [6.45, 7) is 4.18. The van der Waals surface area contributed by atoms with E-state index in [1.165, 1.54) is 0 Å². The standard InChI is InChI=1S/C14H12Cl3N3S/c1-14(2,13-18-3-4-21-13)20-11-6-9(17)8(16)5-10(11)19-12(20)7-15/h3-6H,7H2,1-2H3. The molecule has 0 aliphatic carbocycles. The molecule has 0 saturated heterocycles. The Morgan fingerprint density at radius 1 is 1.24 bits per heavy atom. The van der Waals surface area contributed by atoms with E-state index in [4.69, 9.17) is 34.8 Å². The van der Waals surface area contributed by atoms with Crippen molar-refractivity contribution in [1.82, 2.24) is 14.5 Å². The quantitative estimate of drug-likeness (QED) is 0.592. The highest BCUT2D eigenvalue weighted by Gasteiger charge is 2.30. The number of imidazole rings is 1. The first-order valence-electron chi connectivity index (χ1n) is 6.28. The van der Waals surface area contributed by atoms with E-state index in [2.05, 4.69) is 28.4 Å². The topological polar surface area (TPSA) is 30.7 Å². The van der Waals surface area contributed by atoms with Gasteiger partial charge < -0.3 is 4.57 Å². The molecular formula is C14H12Cl3N3S. The number of hydrogen-bond acceptors (Lipinski definition) is 3. The third-order valence-corrected chi connectivity index (χ3v) is 5.45. The largest absolute Gasteiger partial charge is 0.315 e. The van der Waals surface area contributed by atoms with Gasteiger partial charge in [0.05, 0.1) is 32.5 Å². The summed E-state index contributed by atoms with van der Waals surface area (Å²) in [6.07, 6.45) is 1.80. The molecule has 3 rings (SSSR count). The molecule has 2 aromatic heterocycles. The second-order valence-corrected chi connectivity index (χ2v) is 7.12. The highest BCUT2D eigenvalue weighted by atomic mass is 35.5. The second-order valence-electron chi connectivity index (χ2n) is 5.15. The van der Waals surface area contributed by atoms with E-state index >= 15 is 0 Å². The van der Waals surface area contributed by atoms with Crippen molar-refractivity contribution in [1.29, 1.82) is 0 Å². The van der Waals surface area contributed by atoms with Gasteiger partial charge in [-0.05, 0) is 26.0 Å². The number of benzene rings is 1. The van der Waals surface area contributed by atoms with E-state index < -0.39 is 0 Å². The first-order chi connectivity index (χ1) is 9.95. The van der Waals surface area contributed by atoms with Crippen LogP contribution in [0.4, 0.5) is 0 Å². The molecule has 0 unspecified atom stereocenters. The lowest BCUT2D eigenvalue weighted by molar-refractivity contribution is 0.435. The van der Waals surface area contributed by atoms with Crippen LogP contribution in [-0.2, 0) is 11.4 Å². The molecule has 0 fully saturated rings. The SMILES string of the molecule is CC(C)(c1nccs1)n1c(CCl)nc2cc(Cl)c(Cl)cc21. The van der Waals surface area contributed by atoms with E-state index in [0.717, 1.165) is 21.9 Å². The lowest BCUT2D eigenvalue weighted by atomic mass is 10.1. The molecule has 3 aromatic rings. The molecule has 0 atom stereocenters. The van der Waals surface area contributed by atoms with Crippen molar-refractivity contribution in [2.24, 2.45) is 0 Å². The van der Waals surface area contributed by atoms with Crippen molar-refractivity contribution in [3.05, 3.63) is 44.6 Å². The highest BCUT2D eigenvalue weighted by Crippen LogP contribution is 2.35. The van der Waals surface area contributed by atoms with Gasteiger partial charge in [0.2, 0.25) is 0 Å². The first-order valence-corrected chi connectivity index (χ1v) is 8.45. The third kappa shape index (κ3) is 2.44. The fourth-order valence-electron chi connectivity index (χ4n) is 2.46. The molecule has 110 valence electrons. The zero-order valence-corrected chi connectivity index (χ0v) is 14.5. The molecule has 0 N–H and O–H groups in total. The molecule has 0 spiro atoms. The summed E-state index contributed by atoms with van der Waals surface area (Å²) in [4.78, 5) is 9.01. The van der Waals surface area contributed by atoms with Gasteiger partial charge in [0.15, 0.2) is 0 Å². The van der Waals surface area contributed by atoms with Crippen molar-refractivity contribution < 1.29 is 0 Å².